The van der Waals surface area contributed by atoms with Crippen LogP contribution in [0.3, 0.4) is 0 Å². The predicted molar refractivity (Wildman–Crippen MR) is 91.7 cm³/mol. The maximum Gasteiger partial charge on any atom is 0.573 e. The zero-order valence-electron chi connectivity index (χ0n) is 12.8. The zero-order valence-corrected chi connectivity index (χ0v) is 13.6. The van der Waals surface area contributed by atoms with Crippen molar-refractivity contribution in [1.82, 2.24) is 0 Å². The highest BCUT2D eigenvalue weighted by atomic mass is 32.2. The first-order valence-corrected chi connectivity index (χ1v) is 7.94. The number of hydrogen-bond acceptors (Lipinski definition) is 5. The molecule has 0 saturated heterocycles. The topological polar surface area (TPSA) is 80.2 Å². The lowest BCUT2D eigenvalue weighted by molar-refractivity contribution is -0.275. The molecule has 25 heavy (non-hydrogen) atoms. The fourth-order valence-electron chi connectivity index (χ4n) is 1.73. The number of rotatable bonds is 5. The molecule has 0 radical (unpaired) electrons. The summed E-state index contributed by atoms with van der Waals surface area (Å²) in [5.74, 6) is -0.725. The molecule has 2 aromatic rings. The van der Waals surface area contributed by atoms with E-state index in [2.05, 4.69) is 14.9 Å². The molecule has 0 spiro atoms. The van der Waals surface area contributed by atoms with E-state index in [0.29, 0.717) is 5.75 Å². The van der Waals surface area contributed by atoms with Crippen LogP contribution in [-0.2, 0) is 5.75 Å². The minimum Gasteiger partial charge on any atom is -0.504 e. The van der Waals surface area contributed by atoms with Crippen LogP contribution in [0, 0.1) is 0 Å². The molecule has 5 nitrogen and oxygen atoms in total. The van der Waals surface area contributed by atoms with Gasteiger partial charge in [0.05, 0.1) is 6.21 Å². The van der Waals surface area contributed by atoms with Gasteiger partial charge in [-0.2, -0.15) is 5.10 Å². The highest BCUT2D eigenvalue weighted by Gasteiger charge is 2.32. The van der Waals surface area contributed by atoms with E-state index >= 15 is 0 Å². The van der Waals surface area contributed by atoms with Gasteiger partial charge in [0.25, 0.3) is 0 Å². The average molecular weight is 369 g/mol. The molecule has 2 aromatic carbocycles. The second-order valence-electron chi connectivity index (χ2n) is 4.73. The third-order valence-electron chi connectivity index (χ3n) is 2.80. The molecule has 0 aliphatic carbocycles. The second-order valence-corrected chi connectivity index (χ2v) is 5.73. The number of benzene rings is 2. The van der Waals surface area contributed by atoms with Gasteiger partial charge in [-0.15, -0.1) is 18.3 Å². The molecule has 132 valence electrons. The molecule has 0 bridgehead atoms. The quantitative estimate of drug-likeness (QED) is 0.476. The Morgan fingerprint density at radius 2 is 1.92 bits per heavy atom. The predicted octanol–water partition coefficient (Wildman–Crippen LogP) is 3.87. The molecule has 0 saturated carbocycles. The monoisotopic (exact) mass is 369 g/mol. The van der Waals surface area contributed by atoms with Crippen LogP contribution in [0.4, 0.5) is 13.2 Å². The van der Waals surface area contributed by atoms with Crippen LogP contribution in [0.2, 0.25) is 0 Å². The smallest absolute Gasteiger partial charge is 0.504 e. The van der Waals surface area contributed by atoms with Crippen LogP contribution in [0.5, 0.6) is 11.5 Å². The van der Waals surface area contributed by atoms with Gasteiger partial charge in [-0.25, -0.2) is 0 Å². The van der Waals surface area contributed by atoms with Gasteiger partial charge >= 0.3 is 6.36 Å². The molecule has 0 aromatic heterocycles. The Hall–Kier alpha value is -2.68. The summed E-state index contributed by atoms with van der Waals surface area (Å²) in [6.45, 7) is 0. The van der Waals surface area contributed by atoms with Crippen molar-refractivity contribution in [2.75, 3.05) is 0 Å². The number of nitrogens with two attached hydrogens (primary N) is 1. The fourth-order valence-corrected chi connectivity index (χ4v) is 2.34. The molecule has 2 rings (SSSR count). The van der Waals surface area contributed by atoms with Crippen molar-refractivity contribution in [1.29, 1.82) is 0 Å². The standard InChI is InChI=1S/C16H14F3N3O2S/c17-16(18,19)24-14-8-12(6-7-13(14)23)9-21-22-15(20)25-10-11-4-2-1-3-5-11/h1-9,23H,10H2,(H2,20,22). The van der Waals surface area contributed by atoms with Crippen molar-refractivity contribution in [2.24, 2.45) is 15.9 Å². The molecule has 0 fully saturated rings. The molecule has 0 amide bonds. The number of ether oxygens (including phenoxy) is 1. The number of alkyl halides is 3. The molecule has 0 heterocycles. The molecular formula is C16H14F3N3O2S. The van der Waals surface area contributed by atoms with Gasteiger partial charge < -0.3 is 15.6 Å². The van der Waals surface area contributed by atoms with Crippen LogP contribution < -0.4 is 10.5 Å². The second kappa shape index (κ2) is 8.43. The van der Waals surface area contributed by atoms with Crippen molar-refractivity contribution in [3.8, 4) is 11.5 Å². The van der Waals surface area contributed by atoms with E-state index < -0.39 is 17.9 Å². The third-order valence-corrected chi connectivity index (χ3v) is 3.66. The van der Waals surface area contributed by atoms with Gasteiger partial charge in [-0.05, 0) is 29.3 Å². The van der Waals surface area contributed by atoms with E-state index in [1.807, 2.05) is 30.3 Å². The van der Waals surface area contributed by atoms with Crippen molar-refractivity contribution in [3.63, 3.8) is 0 Å². The highest BCUT2D eigenvalue weighted by molar-refractivity contribution is 8.13. The molecule has 9 heteroatoms. The van der Waals surface area contributed by atoms with Crippen LogP contribution >= 0.6 is 11.8 Å². The van der Waals surface area contributed by atoms with Crippen LogP contribution in [0.25, 0.3) is 0 Å². The Kier molecular flexibility index (Phi) is 6.29. The maximum absolute atomic E-state index is 12.2. The van der Waals surface area contributed by atoms with Crippen molar-refractivity contribution >= 4 is 23.1 Å². The first-order chi connectivity index (χ1) is 11.8. The summed E-state index contributed by atoms with van der Waals surface area (Å²) in [6.07, 6.45) is -3.69. The Labute approximate surface area is 146 Å². The average Bonchev–Trinajstić information content (AvgIpc) is 2.55. The first-order valence-electron chi connectivity index (χ1n) is 6.95. The lowest BCUT2D eigenvalue weighted by Gasteiger charge is -2.10. The summed E-state index contributed by atoms with van der Waals surface area (Å²) >= 11 is 1.28. The SMILES string of the molecule is NC(=NN=Cc1ccc(O)c(OC(F)(F)F)c1)SCc1ccccc1. The zero-order chi connectivity index (χ0) is 18.3. The van der Waals surface area contributed by atoms with Crippen molar-refractivity contribution in [2.45, 2.75) is 12.1 Å². The van der Waals surface area contributed by atoms with Gasteiger partial charge in [0.1, 0.15) is 0 Å². The van der Waals surface area contributed by atoms with Gasteiger partial charge in [0, 0.05) is 5.75 Å². The van der Waals surface area contributed by atoms with Gasteiger partial charge in [0.2, 0.25) is 0 Å². The first kappa shape index (κ1) is 18.7. The Morgan fingerprint density at radius 1 is 1.20 bits per heavy atom. The number of aromatic hydroxyl groups is 1. The molecule has 0 aliphatic heterocycles. The summed E-state index contributed by atoms with van der Waals surface area (Å²) in [6, 6.07) is 13.0. The summed E-state index contributed by atoms with van der Waals surface area (Å²) in [4.78, 5) is 0. The lowest BCUT2D eigenvalue weighted by atomic mass is 10.2. The van der Waals surface area contributed by atoms with E-state index in [1.54, 1.807) is 0 Å². The third kappa shape index (κ3) is 6.76. The molecule has 3 N–H and O–H groups in total. The van der Waals surface area contributed by atoms with Crippen LogP contribution in [0.1, 0.15) is 11.1 Å². The number of halogens is 3. The Bertz CT molecular complexity index is 765. The summed E-state index contributed by atoms with van der Waals surface area (Å²) in [5, 5.41) is 17.1. The fraction of sp³-hybridized carbons (Fsp3) is 0.125. The van der Waals surface area contributed by atoms with Crippen molar-refractivity contribution in [3.05, 3.63) is 59.7 Å². The number of phenolic OH excluding ortho intramolecular Hbond substituents is 1. The van der Waals surface area contributed by atoms with Gasteiger partial charge in [-0.3, -0.25) is 0 Å². The molecule has 0 atom stereocenters. The van der Waals surface area contributed by atoms with E-state index in [-0.39, 0.29) is 10.7 Å². The van der Waals surface area contributed by atoms with E-state index in [1.165, 1.54) is 24.0 Å². The number of phenols is 1. The number of hydrogen-bond donors (Lipinski definition) is 2. The van der Waals surface area contributed by atoms with Crippen molar-refractivity contribution < 1.29 is 23.0 Å². The largest absolute Gasteiger partial charge is 0.573 e. The number of nitrogens with zero attached hydrogens (tertiary/aromatic N) is 2. The minimum absolute atomic E-state index is 0.214. The number of amidine groups is 1. The van der Waals surface area contributed by atoms with Gasteiger partial charge in [-0.1, -0.05) is 42.1 Å². The lowest BCUT2D eigenvalue weighted by Crippen LogP contribution is -2.17. The summed E-state index contributed by atoms with van der Waals surface area (Å²) in [5.41, 5.74) is 7.05. The number of thioether (sulfide) groups is 1. The molecule has 0 aliphatic rings. The Balaban J connectivity index is 1.97. The Morgan fingerprint density at radius 3 is 2.60 bits per heavy atom. The maximum atomic E-state index is 12.2. The van der Waals surface area contributed by atoms with Gasteiger partial charge in [0.15, 0.2) is 16.7 Å². The highest BCUT2D eigenvalue weighted by Crippen LogP contribution is 2.31. The van der Waals surface area contributed by atoms with E-state index in [4.69, 9.17) is 5.73 Å². The molecular weight excluding hydrogens is 355 g/mol. The van der Waals surface area contributed by atoms with Crippen LogP contribution in [0.15, 0.2) is 58.7 Å². The van der Waals surface area contributed by atoms with E-state index in [9.17, 15) is 18.3 Å². The summed E-state index contributed by atoms with van der Waals surface area (Å²) in [7, 11) is 0. The normalized spacial score (nSPS) is 12.5. The minimum atomic E-state index is -4.90. The van der Waals surface area contributed by atoms with Crippen LogP contribution in [-0.4, -0.2) is 22.9 Å². The molecule has 0 unspecified atom stereocenters. The summed E-state index contributed by atoms with van der Waals surface area (Å²) < 4.78 is 40.4. The van der Waals surface area contributed by atoms with E-state index in [0.717, 1.165) is 17.7 Å².